The molecule has 106 valence electrons. The van der Waals surface area contributed by atoms with Gasteiger partial charge >= 0.3 is 0 Å². The SMILES string of the molecule is CCC(C(=O)N1CCNC[C@@H]1C)c1ccccc1.Cl. The smallest absolute Gasteiger partial charge is 0.230 e. The molecule has 1 aromatic rings. The normalized spacial score (nSPS) is 20.5. The molecule has 19 heavy (non-hydrogen) atoms. The van der Waals surface area contributed by atoms with E-state index in [1.54, 1.807) is 0 Å². The number of rotatable bonds is 3. The molecule has 3 nitrogen and oxygen atoms in total. The van der Waals surface area contributed by atoms with Gasteiger partial charge in [-0.2, -0.15) is 0 Å². The van der Waals surface area contributed by atoms with Crippen LogP contribution in [0.3, 0.4) is 0 Å². The molecule has 1 unspecified atom stereocenters. The summed E-state index contributed by atoms with van der Waals surface area (Å²) in [7, 11) is 0. The fourth-order valence-electron chi connectivity index (χ4n) is 2.61. The Hall–Kier alpha value is -1.06. The molecule has 0 aliphatic carbocycles. The van der Waals surface area contributed by atoms with E-state index in [-0.39, 0.29) is 24.2 Å². The van der Waals surface area contributed by atoms with Crippen LogP contribution in [-0.2, 0) is 4.79 Å². The number of piperazine rings is 1. The van der Waals surface area contributed by atoms with Gasteiger partial charge in [0, 0.05) is 25.7 Å². The van der Waals surface area contributed by atoms with Gasteiger partial charge in [-0.1, -0.05) is 37.3 Å². The second-order valence-corrected chi connectivity index (χ2v) is 4.96. The predicted molar refractivity (Wildman–Crippen MR) is 80.8 cm³/mol. The van der Waals surface area contributed by atoms with E-state index in [9.17, 15) is 4.79 Å². The van der Waals surface area contributed by atoms with Gasteiger partial charge < -0.3 is 10.2 Å². The molecule has 0 aromatic heterocycles. The van der Waals surface area contributed by atoms with E-state index in [0.29, 0.717) is 6.04 Å². The Kier molecular flexibility index (Phi) is 6.32. The van der Waals surface area contributed by atoms with Gasteiger partial charge in [0.15, 0.2) is 0 Å². The van der Waals surface area contributed by atoms with Crippen molar-refractivity contribution in [2.75, 3.05) is 19.6 Å². The van der Waals surface area contributed by atoms with Crippen molar-refractivity contribution in [2.24, 2.45) is 0 Å². The van der Waals surface area contributed by atoms with E-state index in [1.807, 2.05) is 23.1 Å². The second kappa shape index (κ2) is 7.51. The quantitative estimate of drug-likeness (QED) is 0.923. The zero-order chi connectivity index (χ0) is 13.0. The van der Waals surface area contributed by atoms with Crippen molar-refractivity contribution >= 4 is 18.3 Å². The van der Waals surface area contributed by atoms with Crippen LogP contribution in [0.2, 0.25) is 0 Å². The third-order valence-electron chi connectivity index (χ3n) is 3.69. The Labute approximate surface area is 121 Å². The average molecular weight is 283 g/mol. The molecule has 1 saturated heterocycles. The molecule has 2 rings (SSSR count). The summed E-state index contributed by atoms with van der Waals surface area (Å²) >= 11 is 0. The van der Waals surface area contributed by atoms with Gasteiger partial charge in [0.25, 0.3) is 0 Å². The van der Waals surface area contributed by atoms with Gasteiger partial charge in [-0.05, 0) is 18.9 Å². The van der Waals surface area contributed by atoms with Gasteiger partial charge in [0.2, 0.25) is 5.91 Å². The topological polar surface area (TPSA) is 32.3 Å². The summed E-state index contributed by atoms with van der Waals surface area (Å²) in [6, 6.07) is 10.4. The molecule has 0 bridgehead atoms. The van der Waals surface area contributed by atoms with Crippen molar-refractivity contribution < 1.29 is 4.79 Å². The highest BCUT2D eigenvalue weighted by Crippen LogP contribution is 2.23. The second-order valence-electron chi connectivity index (χ2n) is 4.96. The average Bonchev–Trinajstić information content (AvgIpc) is 2.41. The standard InChI is InChI=1S/C15H22N2O.ClH/c1-3-14(13-7-5-4-6-8-13)15(18)17-10-9-16-11-12(17)2;/h4-8,12,14,16H,3,9-11H2,1-2H3;1H/t12-,14?;/m0./s1. The van der Waals surface area contributed by atoms with Crippen LogP contribution in [0.15, 0.2) is 30.3 Å². The van der Waals surface area contributed by atoms with Gasteiger partial charge in [-0.25, -0.2) is 0 Å². The Morgan fingerprint density at radius 3 is 2.68 bits per heavy atom. The van der Waals surface area contributed by atoms with Crippen LogP contribution >= 0.6 is 12.4 Å². The number of hydrogen-bond acceptors (Lipinski definition) is 2. The summed E-state index contributed by atoms with van der Waals surface area (Å²) in [5.41, 5.74) is 1.13. The number of benzene rings is 1. The fourth-order valence-corrected chi connectivity index (χ4v) is 2.61. The number of nitrogens with zero attached hydrogens (tertiary/aromatic N) is 1. The first-order valence-electron chi connectivity index (χ1n) is 6.80. The highest BCUT2D eigenvalue weighted by atomic mass is 35.5. The van der Waals surface area contributed by atoms with E-state index in [1.165, 1.54) is 0 Å². The van der Waals surface area contributed by atoms with Crippen LogP contribution in [-0.4, -0.2) is 36.5 Å². The van der Waals surface area contributed by atoms with E-state index in [0.717, 1.165) is 31.6 Å². The van der Waals surface area contributed by atoms with Crippen LogP contribution in [0.5, 0.6) is 0 Å². The highest BCUT2D eigenvalue weighted by Gasteiger charge is 2.28. The summed E-state index contributed by atoms with van der Waals surface area (Å²) in [6.45, 7) is 6.83. The molecule has 1 aliphatic heterocycles. The number of hydrogen-bond donors (Lipinski definition) is 1. The van der Waals surface area contributed by atoms with Crippen molar-refractivity contribution in [3.8, 4) is 0 Å². The molecule has 0 spiro atoms. The van der Waals surface area contributed by atoms with Crippen molar-refractivity contribution in [3.63, 3.8) is 0 Å². The maximum absolute atomic E-state index is 12.6. The molecule has 1 heterocycles. The molecule has 2 atom stereocenters. The van der Waals surface area contributed by atoms with Gasteiger partial charge in [0.05, 0.1) is 5.92 Å². The molecule has 1 fully saturated rings. The molecule has 1 aliphatic rings. The summed E-state index contributed by atoms with van der Waals surface area (Å²) < 4.78 is 0. The first-order chi connectivity index (χ1) is 8.74. The number of halogens is 1. The zero-order valence-electron chi connectivity index (χ0n) is 11.6. The molecule has 1 N–H and O–H groups in total. The number of carbonyl (C=O) groups is 1. The maximum atomic E-state index is 12.6. The summed E-state index contributed by atoms with van der Waals surface area (Å²) in [5, 5.41) is 3.32. The number of amides is 1. The van der Waals surface area contributed by atoms with Gasteiger partial charge in [-0.3, -0.25) is 4.79 Å². The lowest BCUT2D eigenvalue weighted by atomic mass is 9.94. The Morgan fingerprint density at radius 1 is 1.42 bits per heavy atom. The third kappa shape index (κ3) is 3.71. The lowest BCUT2D eigenvalue weighted by molar-refractivity contribution is -0.135. The lowest BCUT2D eigenvalue weighted by Gasteiger charge is -2.36. The lowest BCUT2D eigenvalue weighted by Crippen LogP contribution is -2.53. The number of carbonyl (C=O) groups excluding carboxylic acids is 1. The first kappa shape index (κ1) is 16.0. The first-order valence-corrected chi connectivity index (χ1v) is 6.80. The third-order valence-corrected chi connectivity index (χ3v) is 3.69. The summed E-state index contributed by atoms with van der Waals surface area (Å²) in [6.07, 6.45) is 0.861. The van der Waals surface area contributed by atoms with Crippen molar-refractivity contribution in [3.05, 3.63) is 35.9 Å². The molecule has 1 amide bonds. The van der Waals surface area contributed by atoms with Crippen LogP contribution in [0, 0.1) is 0 Å². The van der Waals surface area contributed by atoms with E-state index < -0.39 is 0 Å². The van der Waals surface area contributed by atoms with E-state index in [2.05, 4.69) is 31.3 Å². The minimum atomic E-state index is 0. The molecule has 4 heteroatoms. The minimum Gasteiger partial charge on any atom is -0.337 e. The van der Waals surface area contributed by atoms with Crippen LogP contribution < -0.4 is 5.32 Å². The molecular weight excluding hydrogens is 260 g/mol. The largest absolute Gasteiger partial charge is 0.337 e. The van der Waals surface area contributed by atoms with Gasteiger partial charge in [-0.15, -0.1) is 12.4 Å². The molecule has 1 aromatic carbocycles. The van der Waals surface area contributed by atoms with Crippen molar-refractivity contribution in [1.82, 2.24) is 10.2 Å². The Morgan fingerprint density at radius 2 is 2.11 bits per heavy atom. The van der Waals surface area contributed by atoms with E-state index >= 15 is 0 Å². The molecule has 0 radical (unpaired) electrons. The zero-order valence-corrected chi connectivity index (χ0v) is 12.5. The van der Waals surface area contributed by atoms with Crippen LogP contribution in [0.4, 0.5) is 0 Å². The van der Waals surface area contributed by atoms with Crippen LogP contribution in [0.1, 0.15) is 31.7 Å². The van der Waals surface area contributed by atoms with Gasteiger partial charge in [0.1, 0.15) is 0 Å². The number of nitrogens with one attached hydrogen (secondary N) is 1. The predicted octanol–water partition coefficient (Wildman–Crippen LogP) is 2.42. The minimum absolute atomic E-state index is 0. The van der Waals surface area contributed by atoms with Crippen molar-refractivity contribution in [2.45, 2.75) is 32.2 Å². The Balaban J connectivity index is 0.00000180. The summed E-state index contributed by atoms with van der Waals surface area (Å²) in [5.74, 6) is 0.282. The van der Waals surface area contributed by atoms with Crippen LogP contribution in [0.25, 0.3) is 0 Å². The van der Waals surface area contributed by atoms with Crippen molar-refractivity contribution in [1.29, 1.82) is 0 Å². The Bertz CT molecular complexity index is 396. The van der Waals surface area contributed by atoms with E-state index in [4.69, 9.17) is 0 Å². The maximum Gasteiger partial charge on any atom is 0.230 e. The highest BCUT2D eigenvalue weighted by molar-refractivity contribution is 5.85. The fraction of sp³-hybridized carbons (Fsp3) is 0.533. The molecule has 0 saturated carbocycles. The molecular formula is C15H23ClN2O. The monoisotopic (exact) mass is 282 g/mol. The summed E-state index contributed by atoms with van der Waals surface area (Å²) in [4.78, 5) is 14.7.